The lowest BCUT2D eigenvalue weighted by molar-refractivity contribution is -0.118. The van der Waals surface area contributed by atoms with E-state index in [2.05, 4.69) is 22.7 Å². The molecule has 1 aliphatic heterocycles. The van der Waals surface area contributed by atoms with E-state index in [-0.39, 0.29) is 17.2 Å². The molecule has 1 saturated carbocycles. The molecule has 1 saturated heterocycles. The van der Waals surface area contributed by atoms with Crippen LogP contribution in [0.1, 0.15) is 37.6 Å². The Morgan fingerprint density at radius 2 is 2.15 bits per heavy atom. The molecule has 1 spiro atoms. The number of hydrogen-bond donors (Lipinski definition) is 2. The Balaban J connectivity index is 1.70. The van der Waals surface area contributed by atoms with Crippen molar-refractivity contribution in [2.24, 2.45) is 11.3 Å². The van der Waals surface area contributed by atoms with Crippen LogP contribution in [0.4, 0.5) is 5.69 Å². The molecule has 110 valence electrons. The molecule has 0 bridgehead atoms. The molecule has 2 fully saturated rings. The molecule has 0 radical (unpaired) electrons. The van der Waals surface area contributed by atoms with Gasteiger partial charge in [0.2, 0.25) is 5.91 Å². The Morgan fingerprint density at radius 1 is 1.45 bits per heavy atom. The van der Waals surface area contributed by atoms with Crippen LogP contribution in [0.5, 0.6) is 0 Å². The topological polar surface area (TPSA) is 59.0 Å². The highest BCUT2D eigenvalue weighted by Crippen LogP contribution is 2.58. The van der Waals surface area contributed by atoms with Crippen LogP contribution in [-0.4, -0.2) is 28.8 Å². The SMILES string of the molecule is CCn1nc(C)c(NC(=O)C2CC23CCNCC3)c1C. The fraction of sp³-hybridized carbons (Fsp3) is 0.733. The van der Waals surface area contributed by atoms with Gasteiger partial charge in [-0.05, 0) is 58.5 Å². The zero-order valence-electron chi connectivity index (χ0n) is 12.6. The van der Waals surface area contributed by atoms with E-state index in [1.54, 1.807) is 0 Å². The van der Waals surface area contributed by atoms with Crippen molar-refractivity contribution in [3.63, 3.8) is 0 Å². The monoisotopic (exact) mass is 276 g/mol. The molecule has 5 nitrogen and oxygen atoms in total. The third-order valence-electron chi connectivity index (χ3n) is 5.03. The van der Waals surface area contributed by atoms with Gasteiger partial charge in [0.25, 0.3) is 0 Å². The number of nitrogens with one attached hydrogen (secondary N) is 2. The molecule has 1 aliphatic carbocycles. The average molecular weight is 276 g/mol. The summed E-state index contributed by atoms with van der Waals surface area (Å²) in [6, 6.07) is 0. The normalized spacial score (nSPS) is 23.9. The summed E-state index contributed by atoms with van der Waals surface area (Å²) in [5.41, 5.74) is 3.17. The molecule has 3 rings (SSSR count). The summed E-state index contributed by atoms with van der Waals surface area (Å²) in [7, 11) is 0. The first-order valence-corrected chi connectivity index (χ1v) is 7.63. The number of anilines is 1. The maximum atomic E-state index is 12.5. The predicted molar refractivity (Wildman–Crippen MR) is 78.6 cm³/mol. The van der Waals surface area contributed by atoms with Gasteiger partial charge in [-0.3, -0.25) is 9.48 Å². The second kappa shape index (κ2) is 4.88. The van der Waals surface area contributed by atoms with Crippen LogP contribution in [0, 0.1) is 25.2 Å². The van der Waals surface area contributed by atoms with Gasteiger partial charge in [0.05, 0.1) is 17.1 Å². The molecule has 5 heteroatoms. The summed E-state index contributed by atoms with van der Waals surface area (Å²) < 4.78 is 1.94. The van der Waals surface area contributed by atoms with Crippen molar-refractivity contribution in [3.05, 3.63) is 11.4 Å². The van der Waals surface area contributed by atoms with Crippen LogP contribution in [-0.2, 0) is 11.3 Å². The van der Waals surface area contributed by atoms with Crippen LogP contribution in [0.25, 0.3) is 0 Å². The smallest absolute Gasteiger partial charge is 0.228 e. The summed E-state index contributed by atoms with van der Waals surface area (Å²) in [4.78, 5) is 12.5. The van der Waals surface area contributed by atoms with Gasteiger partial charge in [-0.2, -0.15) is 5.10 Å². The average Bonchev–Trinajstić information content (AvgIpc) is 3.07. The van der Waals surface area contributed by atoms with Crippen LogP contribution < -0.4 is 10.6 Å². The first kappa shape index (κ1) is 13.6. The molecule has 20 heavy (non-hydrogen) atoms. The minimum Gasteiger partial charge on any atom is -0.323 e. The van der Waals surface area contributed by atoms with E-state index in [9.17, 15) is 4.79 Å². The van der Waals surface area contributed by atoms with E-state index in [1.165, 1.54) is 0 Å². The largest absolute Gasteiger partial charge is 0.323 e. The van der Waals surface area contributed by atoms with Crippen molar-refractivity contribution in [3.8, 4) is 0 Å². The van der Waals surface area contributed by atoms with E-state index >= 15 is 0 Å². The Hall–Kier alpha value is -1.36. The van der Waals surface area contributed by atoms with Crippen LogP contribution >= 0.6 is 0 Å². The predicted octanol–water partition coefficient (Wildman–Crippen LogP) is 1.85. The van der Waals surface area contributed by atoms with Crippen molar-refractivity contribution < 1.29 is 4.79 Å². The Bertz CT molecular complexity index is 528. The molecular weight excluding hydrogens is 252 g/mol. The fourth-order valence-corrected chi connectivity index (χ4v) is 3.59. The van der Waals surface area contributed by atoms with Crippen molar-refractivity contribution in [1.29, 1.82) is 0 Å². The first-order valence-electron chi connectivity index (χ1n) is 7.63. The van der Waals surface area contributed by atoms with Crippen molar-refractivity contribution in [2.75, 3.05) is 18.4 Å². The second-order valence-electron chi connectivity index (χ2n) is 6.22. The van der Waals surface area contributed by atoms with Gasteiger partial charge >= 0.3 is 0 Å². The van der Waals surface area contributed by atoms with E-state index in [1.807, 2.05) is 18.5 Å². The standard InChI is InChI=1S/C15H24N4O/c1-4-19-11(3)13(10(2)18-19)17-14(20)12-9-15(12)5-7-16-8-6-15/h12,16H,4-9H2,1-3H3,(H,17,20). The molecule has 1 amide bonds. The lowest BCUT2D eigenvalue weighted by atomic mass is 9.92. The van der Waals surface area contributed by atoms with Gasteiger partial charge in [-0.15, -0.1) is 0 Å². The minimum absolute atomic E-state index is 0.189. The van der Waals surface area contributed by atoms with Crippen LogP contribution in [0.3, 0.4) is 0 Å². The molecule has 2 N–H and O–H groups in total. The first-order chi connectivity index (χ1) is 9.57. The number of hydrogen-bond acceptors (Lipinski definition) is 3. The third-order valence-corrected chi connectivity index (χ3v) is 5.03. The van der Waals surface area contributed by atoms with Gasteiger partial charge in [-0.25, -0.2) is 0 Å². The highest BCUT2D eigenvalue weighted by molar-refractivity contribution is 5.96. The lowest BCUT2D eigenvalue weighted by Crippen LogP contribution is -2.31. The second-order valence-corrected chi connectivity index (χ2v) is 6.22. The fourth-order valence-electron chi connectivity index (χ4n) is 3.59. The van der Waals surface area contributed by atoms with E-state index in [0.29, 0.717) is 0 Å². The molecule has 2 heterocycles. The Kier molecular flexibility index (Phi) is 3.32. The number of rotatable bonds is 3. The van der Waals surface area contributed by atoms with Gasteiger partial charge in [0, 0.05) is 12.5 Å². The lowest BCUT2D eigenvalue weighted by Gasteiger charge is -2.23. The quantitative estimate of drug-likeness (QED) is 0.885. The summed E-state index contributed by atoms with van der Waals surface area (Å²) in [5, 5.41) is 11.0. The van der Waals surface area contributed by atoms with Crippen LogP contribution in [0.15, 0.2) is 0 Å². The van der Waals surface area contributed by atoms with E-state index < -0.39 is 0 Å². The maximum absolute atomic E-state index is 12.5. The molecule has 1 aromatic rings. The Morgan fingerprint density at radius 3 is 2.75 bits per heavy atom. The van der Waals surface area contributed by atoms with Crippen LogP contribution in [0.2, 0.25) is 0 Å². The molecule has 1 unspecified atom stereocenters. The summed E-state index contributed by atoms with van der Waals surface area (Å²) in [6.45, 7) is 8.98. The third kappa shape index (κ3) is 2.14. The van der Waals surface area contributed by atoms with Gasteiger partial charge in [0.15, 0.2) is 0 Å². The number of carbonyl (C=O) groups excluding carboxylic acids is 1. The summed E-state index contributed by atoms with van der Waals surface area (Å²) >= 11 is 0. The van der Waals surface area contributed by atoms with E-state index in [0.717, 1.165) is 56.0 Å². The number of carbonyl (C=O) groups is 1. The molecule has 1 aromatic heterocycles. The van der Waals surface area contributed by atoms with Gasteiger partial charge in [-0.1, -0.05) is 0 Å². The molecule has 0 aromatic carbocycles. The van der Waals surface area contributed by atoms with Gasteiger partial charge < -0.3 is 10.6 Å². The maximum Gasteiger partial charge on any atom is 0.228 e. The van der Waals surface area contributed by atoms with Gasteiger partial charge in [0.1, 0.15) is 0 Å². The Labute approximate surface area is 120 Å². The number of amides is 1. The molecule has 2 aliphatic rings. The van der Waals surface area contributed by atoms with Crippen molar-refractivity contribution in [1.82, 2.24) is 15.1 Å². The zero-order chi connectivity index (χ0) is 14.3. The number of nitrogens with zero attached hydrogens (tertiary/aromatic N) is 2. The number of aromatic nitrogens is 2. The highest BCUT2D eigenvalue weighted by Gasteiger charge is 2.57. The van der Waals surface area contributed by atoms with Crippen molar-refractivity contribution >= 4 is 11.6 Å². The highest BCUT2D eigenvalue weighted by atomic mass is 16.2. The zero-order valence-corrected chi connectivity index (χ0v) is 12.6. The number of aryl methyl sites for hydroxylation is 2. The minimum atomic E-state index is 0.189. The van der Waals surface area contributed by atoms with E-state index in [4.69, 9.17) is 0 Å². The summed E-state index contributed by atoms with van der Waals surface area (Å²) in [5.74, 6) is 0.391. The molecule has 1 atom stereocenters. The summed E-state index contributed by atoms with van der Waals surface area (Å²) in [6.07, 6.45) is 3.33. The molecular formula is C15H24N4O. The van der Waals surface area contributed by atoms with Crippen molar-refractivity contribution in [2.45, 2.75) is 46.6 Å². The number of piperidine rings is 1.